The van der Waals surface area contributed by atoms with Crippen LogP contribution >= 0.6 is 27.7 Å². The number of hydrogen-bond acceptors (Lipinski definition) is 6. The molecule has 0 saturated carbocycles. The van der Waals surface area contributed by atoms with Crippen LogP contribution in [-0.2, 0) is 10.2 Å². The van der Waals surface area contributed by atoms with E-state index >= 15 is 0 Å². The van der Waals surface area contributed by atoms with Gasteiger partial charge in [0.05, 0.1) is 26.3 Å². The molecule has 1 fully saturated rings. The number of phenols is 1. The number of carbonyl (C=O) groups is 1. The van der Waals surface area contributed by atoms with Crippen LogP contribution in [0.3, 0.4) is 0 Å². The van der Waals surface area contributed by atoms with E-state index in [0.717, 1.165) is 51.7 Å². The highest BCUT2D eigenvalue weighted by Crippen LogP contribution is 2.61. The van der Waals surface area contributed by atoms with E-state index in [-0.39, 0.29) is 16.9 Å². The number of carbonyl (C=O) groups excluding carboxylic acids is 1. The van der Waals surface area contributed by atoms with Crippen LogP contribution in [0.2, 0.25) is 0 Å². The van der Waals surface area contributed by atoms with Crippen molar-refractivity contribution in [3.05, 3.63) is 37.7 Å². The van der Waals surface area contributed by atoms with Gasteiger partial charge in [0.1, 0.15) is 5.69 Å². The second-order valence-electron chi connectivity index (χ2n) is 6.88. The van der Waals surface area contributed by atoms with Crippen LogP contribution in [0.25, 0.3) is 5.57 Å². The number of phenolic OH excluding ortho intramolecular Hbond substituents is 1. The second-order valence-corrected chi connectivity index (χ2v) is 8.98. The molecule has 1 spiro atoms. The van der Waals surface area contributed by atoms with E-state index in [2.05, 4.69) is 26.2 Å². The number of ketones is 1. The van der Waals surface area contributed by atoms with Crippen LogP contribution in [0.15, 0.2) is 31.5 Å². The van der Waals surface area contributed by atoms with Crippen molar-refractivity contribution >= 4 is 56.6 Å². The SMILES string of the molecule is O=C1C=C2SC3CC2(C=C1Br)c1c(c(O)c2c4c1=NCCC=4C=N2)N3. The molecule has 2 unspecified atom stereocenters. The van der Waals surface area contributed by atoms with Crippen LogP contribution in [0.4, 0.5) is 11.4 Å². The average molecular weight is 414 g/mol. The van der Waals surface area contributed by atoms with Crippen molar-refractivity contribution in [3.63, 3.8) is 0 Å². The van der Waals surface area contributed by atoms with Gasteiger partial charge in [-0.25, -0.2) is 0 Å². The Morgan fingerprint density at radius 3 is 3.20 bits per heavy atom. The lowest BCUT2D eigenvalue weighted by Crippen LogP contribution is -2.44. The number of fused-ring (bicyclic) bond motifs is 3. The van der Waals surface area contributed by atoms with Crippen LogP contribution in [-0.4, -0.2) is 29.0 Å². The van der Waals surface area contributed by atoms with Crippen molar-refractivity contribution in [2.24, 2.45) is 9.98 Å². The number of nitrogens with one attached hydrogen (secondary N) is 1. The highest BCUT2D eigenvalue weighted by Gasteiger charge is 2.53. The maximum absolute atomic E-state index is 12.2. The number of nitrogens with zero attached hydrogens (tertiary/aromatic N) is 2. The van der Waals surface area contributed by atoms with Gasteiger partial charge in [-0.1, -0.05) is 6.08 Å². The maximum atomic E-state index is 12.2. The number of aromatic hydroxyl groups is 1. The summed E-state index contributed by atoms with van der Waals surface area (Å²) in [5.41, 5.74) is 3.07. The van der Waals surface area contributed by atoms with E-state index in [1.165, 1.54) is 0 Å². The predicted octanol–water partition coefficient (Wildman–Crippen LogP) is 2.15. The number of allylic oxidation sites excluding steroid dienone is 4. The molecule has 4 heterocycles. The number of thioether (sulfide) groups is 1. The van der Waals surface area contributed by atoms with E-state index in [9.17, 15) is 9.90 Å². The molecule has 1 aromatic carbocycles. The van der Waals surface area contributed by atoms with E-state index in [1.807, 2.05) is 12.3 Å². The van der Waals surface area contributed by atoms with Gasteiger partial charge in [0, 0.05) is 28.4 Å². The minimum absolute atomic E-state index is 0.00576. The van der Waals surface area contributed by atoms with Crippen LogP contribution < -0.4 is 15.9 Å². The first-order valence-corrected chi connectivity index (χ1v) is 9.85. The highest BCUT2D eigenvalue weighted by atomic mass is 79.9. The van der Waals surface area contributed by atoms with Crippen LogP contribution in [0.1, 0.15) is 18.4 Å². The monoisotopic (exact) mass is 413 g/mol. The molecule has 0 aromatic heterocycles. The number of aliphatic imine (C=N–C) groups is 1. The summed E-state index contributed by atoms with van der Waals surface area (Å²) in [6, 6.07) is 0. The molecular formula is C18H12BrN3O2S. The maximum Gasteiger partial charge on any atom is 0.193 e. The third kappa shape index (κ3) is 1.59. The molecule has 4 aliphatic heterocycles. The second kappa shape index (κ2) is 4.45. The molecule has 1 saturated heterocycles. The van der Waals surface area contributed by atoms with Crippen molar-refractivity contribution in [1.29, 1.82) is 0 Å². The van der Waals surface area contributed by atoms with Crippen molar-refractivity contribution in [2.75, 3.05) is 11.9 Å². The average Bonchev–Trinajstić information content (AvgIpc) is 3.13. The Kier molecular flexibility index (Phi) is 2.55. The first kappa shape index (κ1) is 14.3. The zero-order valence-electron chi connectivity index (χ0n) is 13.0. The van der Waals surface area contributed by atoms with E-state index in [1.54, 1.807) is 17.8 Å². The summed E-state index contributed by atoms with van der Waals surface area (Å²) in [6.45, 7) is 0.723. The van der Waals surface area contributed by atoms with Gasteiger partial charge in [-0.15, -0.1) is 11.8 Å². The molecule has 2 N–H and O–H groups in total. The smallest absolute Gasteiger partial charge is 0.193 e. The summed E-state index contributed by atoms with van der Waals surface area (Å²) >= 11 is 5.10. The van der Waals surface area contributed by atoms with Crippen LogP contribution in [0.5, 0.6) is 5.75 Å². The Morgan fingerprint density at radius 1 is 1.44 bits per heavy atom. The normalized spacial score (nSPS) is 30.0. The van der Waals surface area contributed by atoms with Gasteiger partial charge in [-0.05, 0) is 40.4 Å². The van der Waals surface area contributed by atoms with Gasteiger partial charge in [-0.3, -0.25) is 14.8 Å². The van der Waals surface area contributed by atoms with Gasteiger partial charge >= 0.3 is 0 Å². The van der Waals surface area contributed by atoms with Gasteiger partial charge in [0.15, 0.2) is 11.5 Å². The molecule has 0 radical (unpaired) electrons. The van der Waals surface area contributed by atoms with Crippen molar-refractivity contribution in [3.8, 4) is 5.75 Å². The van der Waals surface area contributed by atoms with Crippen molar-refractivity contribution in [1.82, 2.24) is 0 Å². The molecule has 124 valence electrons. The molecule has 6 rings (SSSR count). The van der Waals surface area contributed by atoms with Gasteiger partial charge in [-0.2, -0.15) is 0 Å². The largest absolute Gasteiger partial charge is 0.504 e. The fraction of sp³-hybridized carbons (Fsp3) is 0.278. The van der Waals surface area contributed by atoms with E-state index in [4.69, 9.17) is 4.99 Å². The summed E-state index contributed by atoms with van der Waals surface area (Å²) < 4.78 is 0.578. The number of benzene rings is 1. The lowest BCUT2D eigenvalue weighted by atomic mass is 9.71. The molecule has 1 aliphatic carbocycles. The minimum atomic E-state index is -0.404. The zero-order chi connectivity index (χ0) is 16.9. The van der Waals surface area contributed by atoms with Gasteiger partial charge < -0.3 is 10.4 Å². The summed E-state index contributed by atoms with van der Waals surface area (Å²) in [6.07, 6.45) is 7.29. The van der Waals surface area contributed by atoms with Crippen LogP contribution in [0, 0.1) is 0 Å². The Balaban J connectivity index is 1.81. The Bertz CT molecular complexity index is 1130. The molecule has 7 heteroatoms. The third-order valence-corrected chi connectivity index (χ3v) is 7.51. The zero-order valence-corrected chi connectivity index (χ0v) is 15.4. The minimum Gasteiger partial charge on any atom is -0.504 e. The summed E-state index contributed by atoms with van der Waals surface area (Å²) in [5.74, 6) is 0.193. The van der Waals surface area contributed by atoms with Gasteiger partial charge in [0.25, 0.3) is 0 Å². The summed E-state index contributed by atoms with van der Waals surface area (Å²) in [4.78, 5) is 22.5. The summed E-state index contributed by atoms with van der Waals surface area (Å²) in [7, 11) is 0. The molecule has 0 amide bonds. The fourth-order valence-electron chi connectivity index (χ4n) is 4.56. The first-order chi connectivity index (χ1) is 12.1. The third-order valence-electron chi connectivity index (χ3n) is 5.58. The summed E-state index contributed by atoms with van der Waals surface area (Å²) in [5, 5.41) is 16.4. The number of hydrogen-bond donors (Lipinski definition) is 2. The van der Waals surface area contributed by atoms with Gasteiger partial charge in [0.2, 0.25) is 0 Å². The molecule has 5 nitrogen and oxygen atoms in total. The Hall–Kier alpha value is -1.86. The lowest BCUT2D eigenvalue weighted by molar-refractivity contribution is -0.110. The molecule has 2 atom stereocenters. The van der Waals surface area contributed by atoms with Crippen molar-refractivity contribution < 1.29 is 9.90 Å². The molecule has 1 aromatic rings. The Morgan fingerprint density at radius 2 is 2.32 bits per heavy atom. The predicted molar refractivity (Wildman–Crippen MR) is 101 cm³/mol. The topological polar surface area (TPSA) is 74.0 Å². The van der Waals surface area contributed by atoms with E-state index in [0.29, 0.717) is 10.2 Å². The van der Waals surface area contributed by atoms with E-state index < -0.39 is 5.41 Å². The number of rotatable bonds is 0. The molecule has 2 bridgehead atoms. The molecular weight excluding hydrogens is 402 g/mol. The highest BCUT2D eigenvalue weighted by molar-refractivity contribution is 9.12. The number of halogens is 1. The van der Waals surface area contributed by atoms with Crippen molar-refractivity contribution in [2.45, 2.75) is 23.6 Å². The Labute approximate surface area is 155 Å². The molecule has 5 aliphatic rings. The number of anilines is 1. The standard InChI is InChI=1S/C18H12BrN3O2S/c19-8-4-18-5-11(25-10(18)3-9(8)23)22-16-13(18)14-12-7(1-2-20-14)6-21-15(12)17(16)24/h3-4,6,11,22,24H,1-2,5H2. The first-order valence-electron chi connectivity index (χ1n) is 8.18. The molecule has 25 heavy (non-hydrogen) atoms. The fourth-order valence-corrected chi connectivity index (χ4v) is 6.52. The lowest BCUT2D eigenvalue weighted by Gasteiger charge is -2.36. The quantitative estimate of drug-likeness (QED) is 0.639.